The molecule has 36 heavy (non-hydrogen) atoms. The summed E-state index contributed by atoms with van der Waals surface area (Å²) in [5.74, 6) is 0.404. The van der Waals surface area contributed by atoms with Crippen LogP contribution in [0.1, 0.15) is 74.6 Å². The van der Waals surface area contributed by atoms with Crippen molar-refractivity contribution in [3.05, 3.63) is 69.7 Å². The molecule has 0 radical (unpaired) electrons. The number of benzene rings is 2. The van der Waals surface area contributed by atoms with Crippen molar-refractivity contribution >= 4 is 40.9 Å². The molecule has 1 aliphatic heterocycles. The van der Waals surface area contributed by atoms with Crippen molar-refractivity contribution in [2.24, 2.45) is 5.92 Å². The molecule has 192 valence electrons. The SMILES string of the molecule is COc1ccc(NC(=O)C2=C(NC(=O)c3ccccc3Cl)S[C@H]3CCCCCCCCCC[C@@H]23)cc1. The number of carbonyl (C=O) groups excluding carboxylic acids is 2. The van der Waals surface area contributed by atoms with Crippen LogP contribution in [-0.4, -0.2) is 24.2 Å². The summed E-state index contributed by atoms with van der Waals surface area (Å²) in [5, 5.41) is 7.47. The maximum absolute atomic E-state index is 13.7. The lowest BCUT2D eigenvalue weighted by Crippen LogP contribution is -2.27. The first-order valence-electron chi connectivity index (χ1n) is 13.0. The molecule has 2 aromatic rings. The summed E-state index contributed by atoms with van der Waals surface area (Å²) in [6.07, 6.45) is 11.8. The van der Waals surface area contributed by atoms with Crippen LogP contribution in [0.25, 0.3) is 0 Å². The molecule has 0 bridgehead atoms. The maximum Gasteiger partial charge on any atom is 0.257 e. The molecule has 7 heteroatoms. The Bertz CT molecular complexity index is 1090. The van der Waals surface area contributed by atoms with Gasteiger partial charge in [0.1, 0.15) is 5.75 Å². The molecule has 1 fully saturated rings. The molecule has 1 aliphatic carbocycles. The van der Waals surface area contributed by atoms with E-state index in [9.17, 15) is 9.59 Å². The smallest absolute Gasteiger partial charge is 0.257 e. The Morgan fingerprint density at radius 1 is 0.833 bits per heavy atom. The van der Waals surface area contributed by atoms with Gasteiger partial charge in [0, 0.05) is 16.9 Å². The molecule has 5 nitrogen and oxygen atoms in total. The minimum absolute atomic E-state index is 0.106. The van der Waals surface area contributed by atoms with Crippen LogP contribution in [0.4, 0.5) is 5.69 Å². The summed E-state index contributed by atoms with van der Waals surface area (Å²) in [5.41, 5.74) is 1.80. The normalized spacial score (nSPS) is 21.1. The van der Waals surface area contributed by atoms with Gasteiger partial charge in [0.15, 0.2) is 0 Å². The van der Waals surface area contributed by atoms with Gasteiger partial charge in [-0.05, 0) is 49.2 Å². The molecule has 0 spiro atoms. The zero-order chi connectivity index (χ0) is 25.3. The lowest BCUT2D eigenvalue weighted by molar-refractivity contribution is -0.113. The predicted octanol–water partition coefficient (Wildman–Crippen LogP) is 7.57. The van der Waals surface area contributed by atoms with Gasteiger partial charge >= 0.3 is 0 Å². The Morgan fingerprint density at radius 3 is 2.14 bits per heavy atom. The molecule has 2 aromatic carbocycles. The number of hydrogen-bond donors (Lipinski definition) is 2. The summed E-state index contributed by atoms with van der Waals surface area (Å²) < 4.78 is 5.24. The van der Waals surface area contributed by atoms with E-state index in [0.717, 1.165) is 31.4 Å². The molecule has 2 aliphatic rings. The number of ether oxygens (including phenoxy) is 1. The Morgan fingerprint density at radius 2 is 1.47 bits per heavy atom. The second-order valence-electron chi connectivity index (χ2n) is 9.53. The summed E-state index contributed by atoms with van der Waals surface area (Å²) in [7, 11) is 1.62. The molecule has 2 amide bonds. The van der Waals surface area contributed by atoms with E-state index in [1.54, 1.807) is 43.1 Å². The van der Waals surface area contributed by atoms with Crippen LogP contribution in [0.3, 0.4) is 0 Å². The van der Waals surface area contributed by atoms with Crippen LogP contribution in [0.15, 0.2) is 59.1 Å². The third kappa shape index (κ3) is 6.86. The number of thioether (sulfide) groups is 1. The number of methoxy groups -OCH3 is 1. The highest BCUT2D eigenvalue weighted by Crippen LogP contribution is 2.46. The number of hydrogen-bond acceptors (Lipinski definition) is 4. The molecule has 0 unspecified atom stereocenters. The van der Waals surface area contributed by atoms with Crippen LogP contribution in [-0.2, 0) is 4.79 Å². The van der Waals surface area contributed by atoms with Gasteiger partial charge in [-0.1, -0.05) is 75.1 Å². The first-order valence-corrected chi connectivity index (χ1v) is 14.2. The predicted molar refractivity (Wildman–Crippen MR) is 149 cm³/mol. The lowest BCUT2D eigenvalue weighted by Gasteiger charge is -2.22. The van der Waals surface area contributed by atoms with Crippen molar-refractivity contribution in [1.82, 2.24) is 5.32 Å². The van der Waals surface area contributed by atoms with E-state index in [4.69, 9.17) is 16.3 Å². The van der Waals surface area contributed by atoms with E-state index in [2.05, 4.69) is 10.6 Å². The highest BCUT2D eigenvalue weighted by Gasteiger charge is 2.39. The van der Waals surface area contributed by atoms with Gasteiger partial charge in [-0.2, -0.15) is 0 Å². The van der Waals surface area contributed by atoms with Gasteiger partial charge in [0.05, 0.1) is 28.3 Å². The standard InChI is InChI=1S/C29H35ClN2O3S/c1-35-21-18-16-20(17-19-21)31-28(34)26-23-13-8-6-4-2-3-5-7-9-15-25(23)36-29(26)32-27(33)22-12-10-11-14-24(22)30/h10-12,14,16-19,23,25H,2-9,13,15H2,1H3,(H,31,34)(H,32,33)/t23-,25+/m1/s1. The summed E-state index contributed by atoms with van der Waals surface area (Å²) in [6, 6.07) is 14.3. The number of halogens is 1. The number of nitrogens with one attached hydrogen (secondary N) is 2. The van der Waals surface area contributed by atoms with Crippen LogP contribution < -0.4 is 15.4 Å². The summed E-state index contributed by atoms with van der Waals surface area (Å²) in [4.78, 5) is 26.9. The molecule has 0 aromatic heterocycles. The monoisotopic (exact) mass is 526 g/mol. The average molecular weight is 527 g/mol. The topological polar surface area (TPSA) is 67.4 Å². The third-order valence-corrected chi connectivity index (χ3v) is 8.78. The first kappa shape index (κ1) is 26.6. The van der Waals surface area contributed by atoms with Gasteiger partial charge in [0.25, 0.3) is 11.8 Å². The fourth-order valence-corrected chi connectivity index (χ4v) is 6.84. The zero-order valence-electron chi connectivity index (χ0n) is 20.9. The zero-order valence-corrected chi connectivity index (χ0v) is 22.4. The first-order chi connectivity index (χ1) is 17.6. The fraction of sp³-hybridized carbons (Fsp3) is 0.448. The summed E-state index contributed by atoms with van der Waals surface area (Å²) >= 11 is 7.95. The number of fused-ring (bicyclic) bond motifs is 1. The van der Waals surface area contributed by atoms with Crippen LogP contribution in [0.2, 0.25) is 5.02 Å². The van der Waals surface area contributed by atoms with Gasteiger partial charge < -0.3 is 15.4 Å². The van der Waals surface area contributed by atoms with Crippen LogP contribution in [0, 0.1) is 5.92 Å². The molecular weight excluding hydrogens is 492 g/mol. The molecule has 4 rings (SSSR count). The second kappa shape index (κ2) is 13.2. The molecule has 1 heterocycles. The van der Waals surface area contributed by atoms with Crippen molar-refractivity contribution in [1.29, 1.82) is 0 Å². The Hall–Kier alpha value is -2.44. The van der Waals surface area contributed by atoms with Crippen molar-refractivity contribution < 1.29 is 14.3 Å². The largest absolute Gasteiger partial charge is 0.497 e. The minimum Gasteiger partial charge on any atom is -0.497 e. The quantitative estimate of drug-likeness (QED) is 0.421. The van der Waals surface area contributed by atoms with Gasteiger partial charge in [0.2, 0.25) is 0 Å². The van der Waals surface area contributed by atoms with Crippen molar-refractivity contribution in [2.75, 3.05) is 12.4 Å². The molecule has 1 saturated carbocycles. The Labute approximate surface area is 223 Å². The number of amides is 2. The van der Waals surface area contributed by atoms with E-state index < -0.39 is 0 Å². The highest BCUT2D eigenvalue weighted by atomic mass is 35.5. The fourth-order valence-electron chi connectivity index (χ4n) is 5.07. The Balaban J connectivity index is 1.61. The molecule has 2 atom stereocenters. The van der Waals surface area contributed by atoms with Crippen molar-refractivity contribution in [3.8, 4) is 5.75 Å². The molecule has 2 N–H and O–H groups in total. The van der Waals surface area contributed by atoms with Crippen LogP contribution >= 0.6 is 23.4 Å². The number of rotatable bonds is 5. The average Bonchev–Trinajstić information content (AvgIpc) is 3.21. The highest BCUT2D eigenvalue weighted by molar-refractivity contribution is 8.04. The third-order valence-electron chi connectivity index (χ3n) is 7.03. The van der Waals surface area contributed by atoms with E-state index in [1.807, 2.05) is 24.3 Å². The van der Waals surface area contributed by atoms with Crippen LogP contribution in [0.5, 0.6) is 5.75 Å². The van der Waals surface area contributed by atoms with Gasteiger partial charge in [-0.3, -0.25) is 9.59 Å². The van der Waals surface area contributed by atoms with Gasteiger partial charge in [-0.25, -0.2) is 0 Å². The second-order valence-corrected chi connectivity index (χ2v) is 11.2. The molecule has 0 saturated heterocycles. The van der Waals surface area contributed by atoms with E-state index in [0.29, 0.717) is 26.9 Å². The number of carbonyl (C=O) groups is 2. The summed E-state index contributed by atoms with van der Waals surface area (Å²) in [6.45, 7) is 0. The minimum atomic E-state index is -0.282. The van der Waals surface area contributed by atoms with Crippen molar-refractivity contribution in [2.45, 2.75) is 69.5 Å². The lowest BCUT2D eigenvalue weighted by atomic mass is 9.86. The maximum atomic E-state index is 13.7. The Kier molecular flexibility index (Phi) is 9.76. The van der Waals surface area contributed by atoms with E-state index >= 15 is 0 Å². The van der Waals surface area contributed by atoms with E-state index in [-0.39, 0.29) is 23.0 Å². The molecular formula is C29H35ClN2O3S. The van der Waals surface area contributed by atoms with Gasteiger partial charge in [-0.15, -0.1) is 11.8 Å². The number of anilines is 1. The van der Waals surface area contributed by atoms with Crippen molar-refractivity contribution in [3.63, 3.8) is 0 Å². The van der Waals surface area contributed by atoms with E-state index in [1.165, 1.54) is 38.5 Å².